The summed E-state index contributed by atoms with van der Waals surface area (Å²) >= 11 is 0. The second kappa shape index (κ2) is 4.38. The Morgan fingerprint density at radius 3 is 3.19 bits per heavy atom. The largest absolute Gasteiger partial charge is 0.466 e. The third-order valence-electron chi connectivity index (χ3n) is 1.68. The molecule has 9 heteroatoms. The molecule has 16 heavy (non-hydrogen) atoms. The summed E-state index contributed by atoms with van der Waals surface area (Å²) < 4.78 is 6.14. The van der Waals surface area contributed by atoms with Crippen LogP contribution in [0.3, 0.4) is 0 Å². The number of anilines is 1. The first-order valence-corrected chi connectivity index (χ1v) is 4.38. The first-order valence-electron chi connectivity index (χ1n) is 4.38. The van der Waals surface area contributed by atoms with Crippen molar-refractivity contribution in [3.05, 3.63) is 12.4 Å². The van der Waals surface area contributed by atoms with Crippen LogP contribution in [0, 0.1) is 0 Å². The van der Waals surface area contributed by atoms with Crippen molar-refractivity contribution in [2.24, 2.45) is 0 Å². The quantitative estimate of drug-likeness (QED) is 0.690. The molecule has 9 nitrogen and oxygen atoms in total. The van der Waals surface area contributed by atoms with Gasteiger partial charge in [0.2, 0.25) is 11.9 Å². The molecule has 2 rings (SSSR count). The fourth-order valence-electron chi connectivity index (χ4n) is 1.03. The van der Waals surface area contributed by atoms with Gasteiger partial charge < -0.3 is 4.74 Å². The van der Waals surface area contributed by atoms with Crippen molar-refractivity contribution in [1.82, 2.24) is 30.2 Å². The molecule has 2 N–H and O–H groups in total. The van der Waals surface area contributed by atoms with E-state index in [2.05, 4.69) is 30.8 Å². The Labute approximate surface area is 89.8 Å². The molecule has 0 aliphatic carbocycles. The van der Waals surface area contributed by atoms with E-state index in [4.69, 9.17) is 4.74 Å². The zero-order valence-corrected chi connectivity index (χ0v) is 8.41. The third-order valence-corrected chi connectivity index (χ3v) is 1.68. The predicted molar refractivity (Wildman–Crippen MR) is 51.6 cm³/mol. The minimum atomic E-state index is -0.288. The number of H-pyrrole nitrogens is 1. The van der Waals surface area contributed by atoms with E-state index in [1.165, 1.54) is 18.0 Å². The summed E-state index contributed by atoms with van der Waals surface area (Å²) in [4.78, 5) is 15.3. The number of aromatic amines is 1. The Morgan fingerprint density at radius 2 is 2.56 bits per heavy atom. The number of hydrogen-bond donors (Lipinski definition) is 2. The molecule has 0 bridgehead atoms. The van der Waals surface area contributed by atoms with E-state index in [9.17, 15) is 4.79 Å². The molecule has 0 fully saturated rings. The van der Waals surface area contributed by atoms with Gasteiger partial charge in [0.15, 0.2) is 0 Å². The van der Waals surface area contributed by atoms with Gasteiger partial charge in [-0.1, -0.05) is 5.21 Å². The average molecular weight is 223 g/mol. The van der Waals surface area contributed by atoms with Crippen molar-refractivity contribution >= 4 is 11.9 Å². The molecule has 2 heterocycles. The van der Waals surface area contributed by atoms with Gasteiger partial charge in [-0.05, 0) is 0 Å². The number of nitrogens with zero attached hydrogens (tertiary/aromatic N) is 5. The van der Waals surface area contributed by atoms with E-state index >= 15 is 0 Å². The first-order chi connectivity index (χ1) is 7.78. The van der Waals surface area contributed by atoms with Gasteiger partial charge in [-0.3, -0.25) is 10.1 Å². The van der Waals surface area contributed by atoms with Crippen molar-refractivity contribution in [2.45, 2.75) is 6.54 Å². The van der Waals surface area contributed by atoms with E-state index in [0.717, 1.165) is 0 Å². The third kappa shape index (κ3) is 2.32. The molecule has 0 saturated carbocycles. The average Bonchev–Trinajstić information content (AvgIpc) is 2.89. The van der Waals surface area contributed by atoms with Crippen LogP contribution < -0.4 is 10.1 Å². The molecular weight excluding hydrogens is 214 g/mol. The second-order valence-corrected chi connectivity index (χ2v) is 2.82. The van der Waals surface area contributed by atoms with Gasteiger partial charge in [0.25, 0.3) is 0 Å². The zero-order valence-electron chi connectivity index (χ0n) is 8.41. The molecule has 2 aromatic heterocycles. The number of rotatable bonds is 4. The predicted octanol–water partition coefficient (Wildman–Crippen LogP) is -0.957. The van der Waals surface area contributed by atoms with Gasteiger partial charge >= 0.3 is 6.01 Å². The number of ether oxygens (including phenoxy) is 1. The van der Waals surface area contributed by atoms with Gasteiger partial charge in [0, 0.05) is 6.20 Å². The summed E-state index contributed by atoms with van der Waals surface area (Å²) in [5.74, 6) is -0.0636. The summed E-state index contributed by atoms with van der Waals surface area (Å²) in [5.41, 5.74) is 0. The van der Waals surface area contributed by atoms with Crippen LogP contribution in [0.15, 0.2) is 12.4 Å². The smallest absolute Gasteiger partial charge is 0.336 e. The molecule has 0 atom stereocenters. The molecule has 0 unspecified atom stereocenters. The van der Waals surface area contributed by atoms with Crippen LogP contribution in [0.2, 0.25) is 0 Å². The second-order valence-electron chi connectivity index (χ2n) is 2.82. The summed E-state index contributed by atoms with van der Waals surface area (Å²) in [6.45, 7) is 0.0585. The van der Waals surface area contributed by atoms with E-state index in [1.54, 1.807) is 6.20 Å². The van der Waals surface area contributed by atoms with Gasteiger partial charge in [-0.15, -0.1) is 10.2 Å². The Kier molecular flexibility index (Phi) is 2.76. The fraction of sp³-hybridized carbons (Fsp3) is 0.286. The van der Waals surface area contributed by atoms with E-state index < -0.39 is 0 Å². The van der Waals surface area contributed by atoms with Crippen molar-refractivity contribution in [3.8, 4) is 6.01 Å². The summed E-state index contributed by atoms with van der Waals surface area (Å²) in [7, 11) is 1.43. The van der Waals surface area contributed by atoms with Crippen LogP contribution in [0.25, 0.3) is 0 Å². The highest BCUT2D eigenvalue weighted by molar-refractivity contribution is 5.88. The lowest BCUT2D eigenvalue weighted by molar-refractivity contribution is -0.117. The molecule has 0 aliphatic heterocycles. The number of amides is 1. The Morgan fingerprint density at radius 1 is 1.69 bits per heavy atom. The highest BCUT2D eigenvalue weighted by atomic mass is 16.5. The molecule has 0 spiro atoms. The summed E-state index contributed by atoms with van der Waals surface area (Å²) in [6, 6.07) is 0.163. The monoisotopic (exact) mass is 223 g/mol. The van der Waals surface area contributed by atoms with Gasteiger partial charge in [-0.25, -0.2) is 9.78 Å². The molecule has 0 aliphatic rings. The van der Waals surface area contributed by atoms with E-state index in [1.807, 2.05) is 0 Å². The Hall–Kier alpha value is -2.45. The Bertz CT molecular complexity index is 463. The van der Waals surface area contributed by atoms with Crippen LogP contribution in [-0.4, -0.2) is 43.2 Å². The highest BCUT2D eigenvalue weighted by Crippen LogP contribution is 2.04. The van der Waals surface area contributed by atoms with Gasteiger partial charge in [-0.2, -0.15) is 4.98 Å². The summed E-state index contributed by atoms with van der Waals surface area (Å²) in [5, 5.41) is 15.9. The van der Waals surface area contributed by atoms with Gasteiger partial charge in [0.1, 0.15) is 6.54 Å². The lowest BCUT2D eigenvalue weighted by atomic mass is 10.6. The SMILES string of the molecule is COc1n[nH]c(NC(=O)Cn2ccnn2)n1. The van der Waals surface area contributed by atoms with Gasteiger partial charge in [0.05, 0.1) is 13.3 Å². The summed E-state index contributed by atoms with van der Waals surface area (Å²) in [6.07, 6.45) is 3.07. The van der Waals surface area contributed by atoms with Crippen molar-refractivity contribution in [2.75, 3.05) is 12.4 Å². The first kappa shape index (κ1) is 10.1. The zero-order chi connectivity index (χ0) is 11.4. The maximum atomic E-state index is 11.4. The number of carbonyl (C=O) groups is 1. The minimum Gasteiger partial charge on any atom is -0.466 e. The molecule has 1 amide bonds. The minimum absolute atomic E-state index is 0.0585. The number of methoxy groups -OCH3 is 1. The number of aromatic nitrogens is 6. The number of carbonyl (C=O) groups excluding carboxylic acids is 1. The fourth-order valence-corrected chi connectivity index (χ4v) is 1.03. The highest BCUT2D eigenvalue weighted by Gasteiger charge is 2.07. The molecule has 0 aromatic carbocycles. The number of nitrogens with one attached hydrogen (secondary N) is 2. The van der Waals surface area contributed by atoms with Crippen molar-refractivity contribution < 1.29 is 9.53 Å². The molecule has 2 aromatic rings. The van der Waals surface area contributed by atoms with Crippen molar-refractivity contribution in [1.29, 1.82) is 0 Å². The lowest BCUT2D eigenvalue weighted by Crippen LogP contribution is -2.19. The molecular formula is C7H9N7O2. The molecule has 84 valence electrons. The van der Waals surface area contributed by atoms with E-state index in [0.29, 0.717) is 0 Å². The van der Waals surface area contributed by atoms with Crippen molar-refractivity contribution in [3.63, 3.8) is 0 Å². The molecule has 0 saturated heterocycles. The Balaban J connectivity index is 1.92. The van der Waals surface area contributed by atoms with E-state index in [-0.39, 0.29) is 24.4 Å². The topological polar surface area (TPSA) is 111 Å². The maximum absolute atomic E-state index is 11.4. The maximum Gasteiger partial charge on any atom is 0.336 e. The normalized spacial score (nSPS) is 10.1. The number of hydrogen-bond acceptors (Lipinski definition) is 6. The van der Waals surface area contributed by atoms with Crippen LogP contribution in [0.4, 0.5) is 5.95 Å². The standard InChI is InChI=1S/C7H9N7O2/c1-16-7-10-6(11-12-7)9-5(15)4-14-3-2-8-13-14/h2-3H,4H2,1H3,(H2,9,10,11,12,15). The lowest BCUT2D eigenvalue weighted by Gasteiger charge is -1.99. The van der Waals surface area contributed by atoms with Crippen LogP contribution in [-0.2, 0) is 11.3 Å². The van der Waals surface area contributed by atoms with Crippen LogP contribution >= 0.6 is 0 Å². The van der Waals surface area contributed by atoms with Crippen LogP contribution in [0.5, 0.6) is 6.01 Å². The van der Waals surface area contributed by atoms with Crippen LogP contribution in [0.1, 0.15) is 0 Å². The molecule has 0 radical (unpaired) electrons.